The Morgan fingerprint density at radius 3 is 2.65 bits per heavy atom. The van der Waals surface area contributed by atoms with Crippen molar-refractivity contribution in [1.82, 2.24) is 25.0 Å². The molecule has 3 aromatic rings. The van der Waals surface area contributed by atoms with Crippen LogP contribution in [0.1, 0.15) is 28.8 Å². The average molecular weight is 416 g/mol. The Morgan fingerprint density at radius 1 is 1.23 bits per heavy atom. The van der Waals surface area contributed by atoms with Gasteiger partial charge in [-0.1, -0.05) is 12.1 Å². The molecule has 1 atom stereocenters. The Morgan fingerprint density at radius 2 is 2.00 bits per heavy atom. The fraction of sp³-hybridized carbons (Fsp3) is 0.227. The van der Waals surface area contributed by atoms with E-state index in [2.05, 4.69) is 15.4 Å². The van der Waals surface area contributed by atoms with Crippen LogP contribution in [0.3, 0.4) is 0 Å². The Hall–Kier alpha value is -4.03. The fourth-order valence-corrected chi connectivity index (χ4v) is 3.52. The number of pyridine rings is 1. The van der Waals surface area contributed by atoms with E-state index in [1.54, 1.807) is 49.6 Å². The lowest BCUT2D eigenvalue weighted by atomic mass is 10.1. The quantitative estimate of drug-likeness (QED) is 0.663. The summed E-state index contributed by atoms with van der Waals surface area (Å²) in [6.07, 6.45) is 3.63. The standard InChI is InChI=1S/C22H20N6O3/c1-27-10-2-3-18(29)20(27)25-21(30)16-8-9-19(24-12-16)28-13-17(22(31)26-28)15-6-4-14(11-23)5-7-15/h4-9,12-13,20H,2-3,10H2,1H3,(H,25,30)(H,26,31). The molecule has 1 saturated heterocycles. The molecule has 0 spiro atoms. The molecule has 0 saturated carbocycles. The van der Waals surface area contributed by atoms with Crippen molar-refractivity contribution < 1.29 is 9.59 Å². The molecule has 1 aliphatic heterocycles. The number of amides is 1. The lowest BCUT2D eigenvalue weighted by Gasteiger charge is -2.31. The van der Waals surface area contributed by atoms with Gasteiger partial charge in [-0.05, 0) is 43.3 Å². The number of Topliss-reactive ketones (excluding diaryl/α,β-unsaturated/α-hetero) is 1. The highest BCUT2D eigenvalue weighted by Crippen LogP contribution is 2.17. The van der Waals surface area contributed by atoms with Crippen molar-refractivity contribution in [1.29, 1.82) is 5.26 Å². The molecule has 3 heterocycles. The fourth-order valence-electron chi connectivity index (χ4n) is 3.52. The topological polar surface area (TPSA) is 124 Å². The number of aromatic nitrogens is 3. The number of H-pyrrole nitrogens is 1. The number of rotatable bonds is 4. The normalized spacial score (nSPS) is 16.6. The number of ketones is 1. The number of hydrogen-bond donors (Lipinski definition) is 2. The number of benzene rings is 1. The van der Waals surface area contributed by atoms with Crippen LogP contribution in [-0.2, 0) is 4.79 Å². The van der Waals surface area contributed by atoms with Gasteiger partial charge in [0.1, 0.15) is 6.17 Å². The number of nitrogens with zero attached hydrogens (tertiary/aromatic N) is 4. The van der Waals surface area contributed by atoms with Crippen molar-refractivity contribution in [3.63, 3.8) is 0 Å². The molecule has 0 radical (unpaired) electrons. The predicted octanol–water partition coefficient (Wildman–Crippen LogP) is 1.45. The zero-order valence-corrected chi connectivity index (χ0v) is 16.8. The van der Waals surface area contributed by atoms with Crippen molar-refractivity contribution in [2.24, 2.45) is 0 Å². The molecular weight excluding hydrogens is 396 g/mol. The molecule has 9 heteroatoms. The van der Waals surface area contributed by atoms with Crippen LogP contribution in [0, 0.1) is 11.3 Å². The zero-order chi connectivity index (χ0) is 22.0. The summed E-state index contributed by atoms with van der Waals surface area (Å²) in [5.41, 5.74) is 1.64. The minimum absolute atomic E-state index is 0.00747. The summed E-state index contributed by atoms with van der Waals surface area (Å²) in [6, 6.07) is 11.9. The van der Waals surface area contributed by atoms with Crippen molar-refractivity contribution in [2.75, 3.05) is 13.6 Å². The van der Waals surface area contributed by atoms with E-state index < -0.39 is 6.17 Å². The second kappa shape index (κ2) is 8.38. The smallest absolute Gasteiger partial charge is 0.272 e. The van der Waals surface area contributed by atoms with Gasteiger partial charge in [0, 0.05) is 25.4 Å². The van der Waals surface area contributed by atoms with E-state index in [4.69, 9.17) is 5.26 Å². The number of nitriles is 1. The van der Waals surface area contributed by atoms with Crippen LogP contribution < -0.4 is 10.9 Å². The number of piperidine rings is 1. The van der Waals surface area contributed by atoms with Crippen LogP contribution in [0.25, 0.3) is 16.9 Å². The Bertz CT molecular complexity index is 1220. The van der Waals surface area contributed by atoms with Crippen LogP contribution >= 0.6 is 0 Å². The summed E-state index contributed by atoms with van der Waals surface area (Å²) in [5.74, 6) is 0.0387. The maximum absolute atomic E-state index is 12.5. The van der Waals surface area contributed by atoms with E-state index >= 15 is 0 Å². The third-order valence-electron chi connectivity index (χ3n) is 5.25. The molecule has 1 unspecified atom stereocenters. The van der Waals surface area contributed by atoms with Crippen molar-refractivity contribution >= 4 is 11.7 Å². The maximum Gasteiger partial charge on any atom is 0.272 e. The van der Waals surface area contributed by atoms with Gasteiger partial charge in [-0.2, -0.15) is 5.26 Å². The van der Waals surface area contributed by atoms with Gasteiger partial charge in [-0.25, -0.2) is 9.67 Å². The molecule has 0 aliphatic carbocycles. The highest BCUT2D eigenvalue weighted by Gasteiger charge is 2.28. The molecule has 1 aliphatic rings. The first kappa shape index (κ1) is 20.3. The predicted molar refractivity (Wildman–Crippen MR) is 112 cm³/mol. The third kappa shape index (κ3) is 4.15. The van der Waals surface area contributed by atoms with Crippen molar-refractivity contribution in [3.8, 4) is 23.0 Å². The lowest BCUT2D eigenvalue weighted by molar-refractivity contribution is -0.127. The largest absolute Gasteiger partial charge is 0.330 e. The van der Waals surface area contributed by atoms with Crippen molar-refractivity contribution in [2.45, 2.75) is 19.0 Å². The van der Waals surface area contributed by atoms with Gasteiger partial charge in [0.15, 0.2) is 11.6 Å². The molecule has 156 valence electrons. The van der Waals surface area contributed by atoms with Crippen LogP contribution in [0.4, 0.5) is 0 Å². The molecule has 9 nitrogen and oxygen atoms in total. The first-order valence-electron chi connectivity index (χ1n) is 9.79. The highest BCUT2D eigenvalue weighted by atomic mass is 16.2. The minimum Gasteiger partial charge on any atom is -0.330 e. The minimum atomic E-state index is -0.628. The molecule has 4 rings (SSSR count). The van der Waals surface area contributed by atoms with Gasteiger partial charge in [-0.3, -0.25) is 24.4 Å². The van der Waals surface area contributed by atoms with E-state index in [0.29, 0.717) is 34.5 Å². The molecule has 1 fully saturated rings. The van der Waals surface area contributed by atoms with Gasteiger partial charge in [0.2, 0.25) is 0 Å². The Kier molecular flexibility index (Phi) is 5.47. The lowest BCUT2D eigenvalue weighted by Crippen LogP contribution is -2.54. The first-order chi connectivity index (χ1) is 15.0. The van der Waals surface area contributed by atoms with E-state index in [9.17, 15) is 14.4 Å². The van der Waals surface area contributed by atoms with Gasteiger partial charge < -0.3 is 5.32 Å². The number of likely N-dealkylation sites (N-methyl/N-ethyl adjacent to an activating group) is 1. The van der Waals surface area contributed by atoms with Crippen molar-refractivity contribution in [3.05, 3.63) is 70.3 Å². The highest BCUT2D eigenvalue weighted by molar-refractivity contribution is 5.97. The molecule has 1 amide bonds. The third-order valence-corrected chi connectivity index (χ3v) is 5.25. The SMILES string of the molecule is CN1CCCC(=O)C1NC(=O)c1ccc(-n2cc(-c3ccc(C#N)cc3)c(=O)[nH]2)nc1. The summed E-state index contributed by atoms with van der Waals surface area (Å²) in [7, 11) is 1.80. The van der Waals surface area contributed by atoms with Gasteiger partial charge in [0.05, 0.1) is 22.8 Å². The van der Waals surface area contributed by atoms with Gasteiger partial charge >= 0.3 is 0 Å². The maximum atomic E-state index is 12.5. The van der Waals surface area contributed by atoms with Gasteiger partial charge in [0.25, 0.3) is 11.5 Å². The van der Waals surface area contributed by atoms with Gasteiger partial charge in [-0.15, -0.1) is 0 Å². The van der Waals surface area contributed by atoms with Crippen LogP contribution in [0.5, 0.6) is 0 Å². The second-order valence-electron chi connectivity index (χ2n) is 7.37. The van der Waals surface area contributed by atoms with E-state index in [1.807, 2.05) is 11.0 Å². The number of aromatic amines is 1. The molecule has 2 aromatic heterocycles. The monoisotopic (exact) mass is 416 g/mol. The number of hydrogen-bond acceptors (Lipinski definition) is 6. The molecule has 1 aromatic carbocycles. The number of carbonyl (C=O) groups is 2. The molecule has 0 bridgehead atoms. The molecular formula is C22H20N6O3. The summed E-state index contributed by atoms with van der Waals surface area (Å²) in [4.78, 5) is 43.0. The number of carbonyl (C=O) groups excluding carboxylic acids is 2. The summed E-state index contributed by atoms with van der Waals surface area (Å²) < 4.78 is 1.47. The zero-order valence-electron chi connectivity index (χ0n) is 16.8. The number of likely N-dealkylation sites (tertiary alicyclic amines) is 1. The second-order valence-corrected chi connectivity index (χ2v) is 7.37. The van der Waals surface area contributed by atoms with E-state index in [0.717, 1.165) is 13.0 Å². The van der Waals surface area contributed by atoms with Crippen LogP contribution in [0.2, 0.25) is 0 Å². The van der Waals surface area contributed by atoms with E-state index in [1.165, 1.54) is 10.9 Å². The number of nitrogens with one attached hydrogen (secondary N) is 2. The first-order valence-corrected chi connectivity index (χ1v) is 9.79. The molecule has 2 N–H and O–H groups in total. The van der Waals surface area contributed by atoms with Crippen LogP contribution in [0.15, 0.2) is 53.6 Å². The Balaban J connectivity index is 1.52. The summed E-state index contributed by atoms with van der Waals surface area (Å²) in [6.45, 7) is 0.746. The summed E-state index contributed by atoms with van der Waals surface area (Å²) in [5, 5.41) is 14.4. The van der Waals surface area contributed by atoms with E-state index in [-0.39, 0.29) is 17.2 Å². The average Bonchev–Trinajstić information content (AvgIpc) is 3.18. The molecule has 31 heavy (non-hydrogen) atoms. The summed E-state index contributed by atoms with van der Waals surface area (Å²) >= 11 is 0. The Labute approximate surface area is 177 Å². The van der Waals surface area contributed by atoms with Crippen LogP contribution in [-0.4, -0.2) is 51.1 Å².